The topological polar surface area (TPSA) is 75.1 Å². The maximum absolute atomic E-state index is 9.50. The van der Waals surface area contributed by atoms with Gasteiger partial charge in [-0.2, -0.15) is 0 Å². The van der Waals surface area contributed by atoms with Crippen LogP contribution < -0.4 is 10.6 Å². The minimum atomic E-state index is 0.271. The van der Waals surface area contributed by atoms with Crippen LogP contribution in [0.25, 0.3) is 0 Å². The third-order valence-corrected chi connectivity index (χ3v) is 4.13. The van der Waals surface area contributed by atoms with Crippen LogP contribution in [0, 0.1) is 5.92 Å². The van der Waals surface area contributed by atoms with Gasteiger partial charge in [0.05, 0.1) is 6.54 Å². The van der Waals surface area contributed by atoms with E-state index in [2.05, 4.69) is 15.6 Å². The Morgan fingerprint density at radius 2 is 2.16 bits per heavy atom. The van der Waals surface area contributed by atoms with Gasteiger partial charge in [0.25, 0.3) is 0 Å². The first-order valence-electron chi connectivity index (χ1n) is 9.23. The lowest BCUT2D eigenvalue weighted by Gasteiger charge is -2.21. The van der Waals surface area contributed by atoms with E-state index in [4.69, 9.17) is 9.47 Å². The first kappa shape index (κ1) is 19.5. The molecular weight excluding hydrogens is 318 g/mol. The fourth-order valence-electron chi connectivity index (χ4n) is 2.71. The van der Waals surface area contributed by atoms with Gasteiger partial charge in [0.1, 0.15) is 5.75 Å². The van der Waals surface area contributed by atoms with Crippen molar-refractivity contribution < 1.29 is 14.6 Å². The Labute approximate surface area is 150 Å². The molecule has 25 heavy (non-hydrogen) atoms. The van der Waals surface area contributed by atoms with Crippen molar-refractivity contribution in [3.63, 3.8) is 0 Å². The van der Waals surface area contributed by atoms with Crippen LogP contribution in [0.1, 0.15) is 31.7 Å². The standard InChI is InChI=1S/C19H31N3O3/c1-2-20-19(22-14-17-5-3-6-18(23)13-17)21-9-4-10-25-15-16-7-11-24-12-8-16/h3,5-6,13,16,23H,2,4,7-12,14-15H2,1H3,(H2,20,21,22). The number of aromatic hydroxyl groups is 1. The summed E-state index contributed by atoms with van der Waals surface area (Å²) in [5.41, 5.74) is 0.983. The summed E-state index contributed by atoms with van der Waals surface area (Å²) in [7, 11) is 0. The Morgan fingerprint density at radius 3 is 2.92 bits per heavy atom. The molecule has 0 atom stereocenters. The summed E-state index contributed by atoms with van der Waals surface area (Å²) in [6, 6.07) is 7.18. The number of nitrogens with zero attached hydrogens (tertiary/aromatic N) is 1. The van der Waals surface area contributed by atoms with Gasteiger partial charge in [0, 0.05) is 39.5 Å². The van der Waals surface area contributed by atoms with Crippen LogP contribution in [-0.2, 0) is 16.0 Å². The van der Waals surface area contributed by atoms with Gasteiger partial charge in [0.15, 0.2) is 5.96 Å². The summed E-state index contributed by atoms with van der Waals surface area (Å²) in [5.74, 6) is 1.71. The van der Waals surface area contributed by atoms with Crippen molar-refractivity contribution in [2.75, 3.05) is 39.5 Å². The monoisotopic (exact) mass is 349 g/mol. The van der Waals surface area contributed by atoms with Crippen molar-refractivity contribution in [1.82, 2.24) is 10.6 Å². The third-order valence-electron chi connectivity index (χ3n) is 4.13. The number of hydrogen-bond donors (Lipinski definition) is 3. The molecule has 1 fully saturated rings. The molecule has 0 spiro atoms. The van der Waals surface area contributed by atoms with Crippen molar-refractivity contribution in [2.24, 2.45) is 10.9 Å². The summed E-state index contributed by atoms with van der Waals surface area (Å²) < 4.78 is 11.1. The number of hydrogen-bond acceptors (Lipinski definition) is 4. The lowest BCUT2D eigenvalue weighted by Crippen LogP contribution is -2.38. The van der Waals surface area contributed by atoms with Gasteiger partial charge in [-0.15, -0.1) is 0 Å². The zero-order chi connectivity index (χ0) is 17.7. The molecule has 1 aliphatic heterocycles. The van der Waals surface area contributed by atoms with Gasteiger partial charge in [0.2, 0.25) is 0 Å². The van der Waals surface area contributed by atoms with Gasteiger partial charge in [-0.3, -0.25) is 0 Å². The van der Waals surface area contributed by atoms with E-state index in [1.807, 2.05) is 19.1 Å². The van der Waals surface area contributed by atoms with E-state index in [0.717, 1.165) is 70.3 Å². The maximum Gasteiger partial charge on any atom is 0.191 e. The van der Waals surface area contributed by atoms with Crippen LogP contribution in [0.4, 0.5) is 0 Å². The first-order chi connectivity index (χ1) is 12.3. The number of benzene rings is 1. The molecule has 0 radical (unpaired) electrons. The average molecular weight is 349 g/mol. The summed E-state index contributed by atoms with van der Waals surface area (Å²) >= 11 is 0. The van der Waals surface area contributed by atoms with Gasteiger partial charge in [-0.1, -0.05) is 12.1 Å². The van der Waals surface area contributed by atoms with Crippen LogP contribution >= 0.6 is 0 Å². The van der Waals surface area contributed by atoms with Crippen LogP contribution in [-0.4, -0.2) is 50.6 Å². The number of ether oxygens (including phenoxy) is 2. The number of phenols is 1. The van der Waals surface area contributed by atoms with E-state index in [1.165, 1.54) is 0 Å². The molecule has 0 aliphatic carbocycles. The molecule has 6 nitrogen and oxygen atoms in total. The molecule has 6 heteroatoms. The lowest BCUT2D eigenvalue weighted by molar-refractivity contribution is 0.0203. The highest BCUT2D eigenvalue weighted by Crippen LogP contribution is 2.14. The highest BCUT2D eigenvalue weighted by molar-refractivity contribution is 5.79. The highest BCUT2D eigenvalue weighted by Gasteiger charge is 2.13. The van der Waals surface area contributed by atoms with E-state index in [-0.39, 0.29) is 5.75 Å². The molecule has 140 valence electrons. The molecule has 1 aromatic carbocycles. The maximum atomic E-state index is 9.50. The second-order valence-corrected chi connectivity index (χ2v) is 6.28. The molecule has 1 aromatic rings. The van der Waals surface area contributed by atoms with Gasteiger partial charge in [-0.05, 0) is 49.8 Å². The van der Waals surface area contributed by atoms with E-state index < -0.39 is 0 Å². The summed E-state index contributed by atoms with van der Waals surface area (Å²) in [5, 5.41) is 16.1. The minimum absolute atomic E-state index is 0.271. The highest BCUT2D eigenvalue weighted by atomic mass is 16.5. The Hall–Kier alpha value is -1.79. The fourth-order valence-corrected chi connectivity index (χ4v) is 2.71. The van der Waals surface area contributed by atoms with Crippen LogP contribution in [0.2, 0.25) is 0 Å². The molecule has 1 saturated heterocycles. The quantitative estimate of drug-likeness (QED) is 0.362. The number of rotatable bonds is 9. The first-order valence-corrected chi connectivity index (χ1v) is 9.23. The molecule has 0 saturated carbocycles. The Bertz CT molecular complexity index is 516. The summed E-state index contributed by atoms with van der Waals surface area (Å²) in [4.78, 5) is 4.54. The molecule has 0 aromatic heterocycles. The second-order valence-electron chi connectivity index (χ2n) is 6.28. The van der Waals surface area contributed by atoms with Crippen molar-refractivity contribution in [1.29, 1.82) is 0 Å². The zero-order valence-corrected chi connectivity index (χ0v) is 15.2. The lowest BCUT2D eigenvalue weighted by atomic mass is 10.0. The van der Waals surface area contributed by atoms with E-state index in [9.17, 15) is 5.11 Å². The van der Waals surface area contributed by atoms with Crippen molar-refractivity contribution in [3.8, 4) is 5.75 Å². The molecule has 0 unspecified atom stereocenters. The normalized spacial score (nSPS) is 16.0. The molecular formula is C19H31N3O3. The molecule has 3 N–H and O–H groups in total. The number of nitrogens with one attached hydrogen (secondary N) is 2. The zero-order valence-electron chi connectivity index (χ0n) is 15.2. The number of guanidine groups is 1. The number of aliphatic imine (C=N–C) groups is 1. The fraction of sp³-hybridized carbons (Fsp3) is 0.632. The third kappa shape index (κ3) is 8.23. The van der Waals surface area contributed by atoms with Crippen molar-refractivity contribution in [2.45, 2.75) is 32.7 Å². The van der Waals surface area contributed by atoms with E-state index in [1.54, 1.807) is 12.1 Å². The van der Waals surface area contributed by atoms with Gasteiger partial charge in [-0.25, -0.2) is 4.99 Å². The minimum Gasteiger partial charge on any atom is -0.508 e. The summed E-state index contributed by atoms with van der Waals surface area (Å²) in [6.45, 7) is 7.55. The van der Waals surface area contributed by atoms with Crippen molar-refractivity contribution >= 4 is 5.96 Å². The predicted molar refractivity (Wildman–Crippen MR) is 99.9 cm³/mol. The van der Waals surface area contributed by atoms with Crippen LogP contribution in [0.15, 0.2) is 29.3 Å². The second kappa shape index (κ2) is 11.7. The summed E-state index contributed by atoms with van der Waals surface area (Å²) in [6.07, 6.45) is 3.18. The van der Waals surface area contributed by atoms with Crippen LogP contribution in [0.5, 0.6) is 5.75 Å². The van der Waals surface area contributed by atoms with E-state index >= 15 is 0 Å². The number of phenolic OH excluding ortho intramolecular Hbond substituents is 1. The molecule has 0 bridgehead atoms. The molecule has 0 amide bonds. The van der Waals surface area contributed by atoms with Crippen LogP contribution in [0.3, 0.4) is 0 Å². The Kier molecular flexibility index (Phi) is 9.15. The van der Waals surface area contributed by atoms with Crippen molar-refractivity contribution in [3.05, 3.63) is 29.8 Å². The van der Waals surface area contributed by atoms with E-state index in [0.29, 0.717) is 12.5 Å². The van der Waals surface area contributed by atoms with Gasteiger partial charge < -0.3 is 25.2 Å². The molecule has 1 heterocycles. The predicted octanol–water partition coefficient (Wildman–Crippen LogP) is 2.28. The molecule has 1 aliphatic rings. The molecule has 2 rings (SSSR count). The SMILES string of the molecule is CCNC(=NCc1cccc(O)c1)NCCCOCC1CCOCC1. The van der Waals surface area contributed by atoms with Gasteiger partial charge >= 0.3 is 0 Å². The largest absolute Gasteiger partial charge is 0.508 e. The average Bonchev–Trinajstić information content (AvgIpc) is 2.63. The smallest absolute Gasteiger partial charge is 0.191 e. The Morgan fingerprint density at radius 1 is 1.32 bits per heavy atom. The Balaban J connectivity index is 1.62.